The smallest absolute Gasteiger partial charge is 0.313 e. The monoisotopic (exact) mass is 264 g/mol. The zero-order valence-electron chi connectivity index (χ0n) is 12.5. The summed E-state index contributed by atoms with van der Waals surface area (Å²) < 4.78 is 5.36. The van der Waals surface area contributed by atoms with Crippen molar-refractivity contribution in [2.24, 2.45) is 5.92 Å². The van der Waals surface area contributed by atoms with Gasteiger partial charge in [-0.25, -0.2) is 0 Å². The molecule has 0 aliphatic rings. The van der Waals surface area contributed by atoms with E-state index in [4.69, 9.17) is 4.74 Å². The molecule has 3 heteroatoms. The van der Waals surface area contributed by atoms with Crippen molar-refractivity contribution in [3.05, 3.63) is 29.3 Å². The van der Waals surface area contributed by atoms with Crippen LogP contribution in [0.25, 0.3) is 0 Å². The van der Waals surface area contributed by atoms with Gasteiger partial charge in [0.25, 0.3) is 0 Å². The van der Waals surface area contributed by atoms with Gasteiger partial charge in [0.05, 0.1) is 12.5 Å². The van der Waals surface area contributed by atoms with Crippen molar-refractivity contribution in [1.29, 1.82) is 0 Å². The minimum absolute atomic E-state index is 0.302. The molecule has 19 heavy (non-hydrogen) atoms. The first-order valence-electron chi connectivity index (χ1n) is 6.76. The average molecular weight is 264 g/mol. The number of methoxy groups -OCH3 is 1. The molecule has 1 aromatic rings. The summed E-state index contributed by atoms with van der Waals surface area (Å²) in [5.41, 5.74) is 0.993. The van der Waals surface area contributed by atoms with Crippen molar-refractivity contribution < 1.29 is 14.6 Å². The maximum absolute atomic E-state index is 11.8. The van der Waals surface area contributed by atoms with Gasteiger partial charge in [-0.3, -0.25) is 4.79 Å². The maximum atomic E-state index is 11.8. The molecule has 0 spiro atoms. The Morgan fingerprint density at radius 2 is 2.05 bits per heavy atom. The van der Waals surface area contributed by atoms with E-state index in [2.05, 4.69) is 6.92 Å². The van der Waals surface area contributed by atoms with Crippen molar-refractivity contribution >= 4 is 5.97 Å². The number of hydrogen-bond donors (Lipinski definition) is 1. The normalized spacial score (nSPS) is 14.2. The number of carbonyl (C=O) groups is 1. The van der Waals surface area contributed by atoms with Gasteiger partial charge in [-0.1, -0.05) is 32.9 Å². The minimum atomic E-state index is -0.912. The molecule has 106 valence electrons. The molecule has 0 saturated heterocycles. The third-order valence-corrected chi connectivity index (χ3v) is 3.56. The highest BCUT2D eigenvalue weighted by Crippen LogP contribution is 2.37. The highest BCUT2D eigenvalue weighted by molar-refractivity contribution is 5.82. The first-order valence-corrected chi connectivity index (χ1v) is 6.76. The Morgan fingerprint density at radius 3 is 2.47 bits per heavy atom. The molecule has 0 saturated carbocycles. The van der Waals surface area contributed by atoms with Gasteiger partial charge in [0, 0.05) is 5.56 Å². The molecule has 0 amide bonds. The van der Waals surface area contributed by atoms with Crippen molar-refractivity contribution in [3.63, 3.8) is 0 Å². The third-order valence-electron chi connectivity index (χ3n) is 3.56. The number of rotatable bonds is 6. The number of carboxylic acids is 1. The first-order chi connectivity index (χ1) is 8.85. The second-order valence-corrected chi connectivity index (χ2v) is 5.62. The number of hydrogen-bond acceptors (Lipinski definition) is 2. The maximum Gasteiger partial charge on any atom is 0.313 e. The van der Waals surface area contributed by atoms with Crippen LogP contribution in [0.4, 0.5) is 0 Å². The van der Waals surface area contributed by atoms with Crippen LogP contribution in [-0.4, -0.2) is 18.2 Å². The van der Waals surface area contributed by atoms with Crippen LogP contribution in [0.1, 0.15) is 45.2 Å². The predicted octanol–water partition coefficient (Wildman–Crippen LogP) is 3.65. The summed E-state index contributed by atoms with van der Waals surface area (Å²) in [6.07, 6.45) is 1.47. The van der Waals surface area contributed by atoms with E-state index in [1.165, 1.54) is 0 Å². The molecule has 0 fully saturated rings. The Bertz CT molecular complexity index is 451. The molecule has 0 aliphatic heterocycles. The Morgan fingerprint density at radius 1 is 1.42 bits per heavy atom. The quantitative estimate of drug-likeness (QED) is 0.853. The van der Waals surface area contributed by atoms with E-state index in [-0.39, 0.29) is 0 Å². The van der Waals surface area contributed by atoms with E-state index in [1.807, 2.05) is 32.0 Å². The van der Waals surface area contributed by atoms with Crippen LogP contribution in [0.5, 0.6) is 5.75 Å². The van der Waals surface area contributed by atoms with Crippen molar-refractivity contribution in [2.75, 3.05) is 7.11 Å². The second-order valence-electron chi connectivity index (χ2n) is 5.62. The predicted molar refractivity (Wildman–Crippen MR) is 76.8 cm³/mol. The van der Waals surface area contributed by atoms with Crippen molar-refractivity contribution in [3.8, 4) is 5.75 Å². The number of ether oxygens (including phenoxy) is 1. The lowest BCUT2D eigenvalue weighted by atomic mass is 9.75. The molecule has 0 heterocycles. The molecule has 1 rings (SSSR count). The number of aryl methyl sites for hydroxylation is 1. The molecule has 3 nitrogen and oxygen atoms in total. The summed E-state index contributed by atoms with van der Waals surface area (Å²) in [7, 11) is 1.59. The lowest BCUT2D eigenvalue weighted by molar-refractivity contribution is -0.143. The summed E-state index contributed by atoms with van der Waals surface area (Å²) in [5, 5.41) is 9.66. The van der Waals surface area contributed by atoms with Gasteiger partial charge in [-0.05, 0) is 37.3 Å². The first kappa shape index (κ1) is 15.5. The zero-order valence-corrected chi connectivity index (χ0v) is 12.5. The van der Waals surface area contributed by atoms with Gasteiger partial charge >= 0.3 is 5.97 Å². The topological polar surface area (TPSA) is 46.5 Å². The second kappa shape index (κ2) is 6.09. The van der Waals surface area contributed by atoms with Crippen molar-refractivity contribution in [2.45, 2.75) is 46.0 Å². The van der Waals surface area contributed by atoms with Gasteiger partial charge in [-0.2, -0.15) is 0 Å². The number of aliphatic carboxylic acids is 1. The highest BCUT2D eigenvalue weighted by Gasteiger charge is 2.38. The molecular formula is C16H24O3. The standard InChI is InChI=1S/C16H24O3/c1-6-12-7-8-14(19-5)13(9-12)16(4,15(17)18)10-11(2)3/h7-9,11H,6,10H2,1-5H3,(H,17,18). The van der Waals surface area contributed by atoms with E-state index < -0.39 is 11.4 Å². The van der Waals surface area contributed by atoms with Crippen LogP contribution in [0.3, 0.4) is 0 Å². The Labute approximate surface area is 115 Å². The minimum Gasteiger partial charge on any atom is -0.496 e. The van der Waals surface area contributed by atoms with Gasteiger partial charge in [0.1, 0.15) is 5.75 Å². The highest BCUT2D eigenvalue weighted by atomic mass is 16.5. The summed E-state index contributed by atoms with van der Waals surface area (Å²) in [5.74, 6) is 0.159. The van der Waals surface area contributed by atoms with Crippen LogP contribution in [0.15, 0.2) is 18.2 Å². The SMILES string of the molecule is CCc1ccc(OC)c(C(C)(CC(C)C)C(=O)O)c1. The van der Waals surface area contributed by atoms with Crippen LogP contribution < -0.4 is 4.74 Å². The Balaban J connectivity index is 3.39. The fourth-order valence-electron chi connectivity index (χ4n) is 2.54. The zero-order chi connectivity index (χ0) is 14.6. The van der Waals surface area contributed by atoms with Gasteiger partial charge in [0.2, 0.25) is 0 Å². The van der Waals surface area contributed by atoms with Gasteiger partial charge < -0.3 is 9.84 Å². The lowest BCUT2D eigenvalue weighted by Crippen LogP contribution is -2.34. The molecule has 0 aliphatic carbocycles. The number of benzene rings is 1. The lowest BCUT2D eigenvalue weighted by Gasteiger charge is -2.29. The summed E-state index contributed by atoms with van der Waals surface area (Å²) in [4.78, 5) is 11.8. The Hall–Kier alpha value is -1.51. The van der Waals surface area contributed by atoms with Gasteiger partial charge in [0.15, 0.2) is 0 Å². The Kier molecular flexibility index (Phi) is 4.98. The molecule has 0 bridgehead atoms. The third kappa shape index (κ3) is 3.28. The summed E-state index contributed by atoms with van der Waals surface area (Å²) in [6, 6.07) is 5.82. The van der Waals surface area contributed by atoms with E-state index in [0.717, 1.165) is 17.5 Å². The fourth-order valence-corrected chi connectivity index (χ4v) is 2.54. The molecule has 1 N–H and O–H groups in total. The molecule has 1 atom stereocenters. The summed E-state index contributed by atoms with van der Waals surface area (Å²) in [6.45, 7) is 7.92. The van der Waals surface area contributed by atoms with Crippen LogP contribution in [0, 0.1) is 5.92 Å². The van der Waals surface area contributed by atoms with Gasteiger partial charge in [-0.15, -0.1) is 0 Å². The van der Waals surface area contributed by atoms with E-state index >= 15 is 0 Å². The van der Waals surface area contributed by atoms with Crippen LogP contribution in [0.2, 0.25) is 0 Å². The van der Waals surface area contributed by atoms with E-state index in [0.29, 0.717) is 18.1 Å². The van der Waals surface area contributed by atoms with Crippen molar-refractivity contribution in [1.82, 2.24) is 0 Å². The summed E-state index contributed by atoms with van der Waals surface area (Å²) >= 11 is 0. The largest absolute Gasteiger partial charge is 0.496 e. The molecular weight excluding hydrogens is 240 g/mol. The average Bonchev–Trinajstić information content (AvgIpc) is 2.36. The van der Waals surface area contributed by atoms with Crippen LogP contribution in [-0.2, 0) is 16.6 Å². The fraction of sp³-hybridized carbons (Fsp3) is 0.562. The molecule has 1 unspecified atom stereocenters. The number of carboxylic acid groups (broad SMARTS) is 1. The van der Waals surface area contributed by atoms with Crippen LogP contribution >= 0.6 is 0 Å². The molecule has 0 aromatic heterocycles. The molecule has 1 aromatic carbocycles. The van der Waals surface area contributed by atoms with E-state index in [9.17, 15) is 9.90 Å². The molecule has 0 radical (unpaired) electrons. The van der Waals surface area contributed by atoms with E-state index in [1.54, 1.807) is 14.0 Å².